The number of phenolic OH excluding ortho intramolecular Hbond substituents is 1. The van der Waals surface area contributed by atoms with Crippen LogP contribution in [0.2, 0.25) is 0 Å². The molecule has 2 aromatic rings. The van der Waals surface area contributed by atoms with Gasteiger partial charge in [0.05, 0.1) is 17.3 Å². The molecule has 2 rings (SSSR count). The van der Waals surface area contributed by atoms with Gasteiger partial charge in [0, 0.05) is 16.3 Å². The largest absolute Gasteiger partial charge is 0.507 e. The van der Waals surface area contributed by atoms with Gasteiger partial charge in [-0.3, -0.25) is 4.99 Å². The second-order valence-corrected chi connectivity index (χ2v) is 4.54. The Morgan fingerprint density at radius 2 is 1.89 bits per heavy atom. The Labute approximate surface area is 113 Å². The van der Waals surface area contributed by atoms with E-state index in [1.165, 1.54) is 0 Å². The molecule has 0 unspecified atom stereocenters. The van der Waals surface area contributed by atoms with Crippen LogP contribution in [0.5, 0.6) is 5.75 Å². The summed E-state index contributed by atoms with van der Waals surface area (Å²) in [5, 5.41) is 18.4. The van der Waals surface area contributed by atoms with Crippen molar-refractivity contribution in [2.24, 2.45) is 4.99 Å². The average molecular weight is 301 g/mol. The van der Waals surface area contributed by atoms with Crippen molar-refractivity contribution < 1.29 is 5.11 Å². The van der Waals surface area contributed by atoms with Crippen LogP contribution in [0.3, 0.4) is 0 Å². The number of hydrogen-bond donors (Lipinski definition) is 1. The molecule has 0 saturated carbocycles. The third kappa shape index (κ3) is 2.96. The van der Waals surface area contributed by atoms with Crippen molar-refractivity contribution in [3.63, 3.8) is 0 Å². The zero-order chi connectivity index (χ0) is 13.0. The molecule has 0 radical (unpaired) electrons. The van der Waals surface area contributed by atoms with E-state index in [1.807, 2.05) is 12.1 Å². The Morgan fingerprint density at radius 1 is 1.17 bits per heavy atom. The van der Waals surface area contributed by atoms with Gasteiger partial charge in [-0.05, 0) is 42.5 Å². The number of benzene rings is 2. The fraction of sp³-hybridized carbons (Fsp3) is 0. The molecule has 0 heterocycles. The maximum absolute atomic E-state index is 9.69. The van der Waals surface area contributed by atoms with Gasteiger partial charge in [0.1, 0.15) is 5.75 Å². The van der Waals surface area contributed by atoms with E-state index in [9.17, 15) is 5.11 Å². The summed E-state index contributed by atoms with van der Waals surface area (Å²) in [6, 6.07) is 14.2. The number of nitrogens with zero attached hydrogens (tertiary/aromatic N) is 2. The second-order valence-electron chi connectivity index (χ2n) is 3.62. The summed E-state index contributed by atoms with van der Waals surface area (Å²) in [6.45, 7) is 0. The SMILES string of the molecule is N#Cc1ccc(N=Cc2ccc(Br)cc2O)cc1. The Kier molecular flexibility index (Phi) is 3.75. The van der Waals surface area contributed by atoms with Crippen LogP contribution < -0.4 is 0 Å². The summed E-state index contributed by atoms with van der Waals surface area (Å²) in [5.41, 5.74) is 1.97. The first-order valence-electron chi connectivity index (χ1n) is 5.22. The van der Waals surface area contributed by atoms with Crippen molar-refractivity contribution in [2.45, 2.75) is 0 Å². The van der Waals surface area contributed by atoms with Gasteiger partial charge in [-0.25, -0.2) is 0 Å². The molecule has 1 N–H and O–H groups in total. The molecule has 4 heteroatoms. The molecule has 0 aliphatic rings. The fourth-order valence-electron chi connectivity index (χ4n) is 1.39. The first-order chi connectivity index (χ1) is 8.69. The Balaban J connectivity index is 2.22. The van der Waals surface area contributed by atoms with Crippen molar-refractivity contribution in [1.82, 2.24) is 0 Å². The third-order valence-electron chi connectivity index (χ3n) is 2.34. The zero-order valence-electron chi connectivity index (χ0n) is 9.34. The van der Waals surface area contributed by atoms with Crippen LogP contribution in [0.1, 0.15) is 11.1 Å². The minimum absolute atomic E-state index is 0.168. The molecule has 18 heavy (non-hydrogen) atoms. The molecule has 88 valence electrons. The zero-order valence-corrected chi connectivity index (χ0v) is 10.9. The molecular weight excluding hydrogens is 292 g/mol. The summed E-state index contributed by atoms with van der Waals surface area (Å²) >= 11 is 3.27. The Morgan fingerprint density at radius 3 is 2.50 bits per heavy atom. The summed E-state index contributed by atoms with van der Waals surface area (Å²) in [5.74, 6) is 0.168. The topological polar surface area (TPSA) is 56.4 Å². The fourth-order valence-corrected chi connectivity index (χ4v) is 1.74. The highest BCUT2D eigenvalue weighted by molar-refractivity contribution is 9.10. The van der Waals surface area contributed by atoms with Gasteiger partial charge in [-0.1, -0.05) is 15.9 Å². The van der Waals surface area contributed by atoms with Gasteiger partial charge < -0.3 is 5.11 Å². The quantitative estimate of drug-likeness (QED) is 0.858. The average Bonchev–Trinajstić information content (AvgIpc) is 2.38. The van der Waals surface area contributed by atoms with Gasteiger partial charge >= 0.3 is 0 Å². The number of aromatic hydroxyl groups is 1. The lowest BCUT2D eigenvalue weighted by Gasteiger charge is -1.99. The lowest BCUT2D eigenvalue weighted by Crippen LogP contribution is -1.82. The molecular formula is C14H9BrN2O. The maximum Gasteiger partial charge on any atom is 0.125 e. The number of halogens is 1. The lowest BCUT2D eigenvalue weighted by molar-refractivity contribution is 0.474. The number of aliphatic imine (C=N–C) groups is 1. The van der Waals surface area contributed by atoms with E-state index >= 15 is 0 Å². The number of hydrogen-bond acceptors (Lipinski definition) is 3. The number of nitriles is 1. The van der Waals surface area contributed by atoms with Gasteiger partial charge in [-0.15, -0.1) is 0 Å². The lowest BCUT2D eigenvalue weighted by atomic mass is 10.2. The highest BCUT2D eigenvalue weighted by Crippen LogP contribution is 2.21. The molecule has 0 fully saturated rings. The monoisotopic (exact) mass is 300 g/mol. The molecule has 0 saturated heterocycles. The molecule has 0 aromatic heterocycles. The standard InChI is InChI=1S/C14H9BrN2O/c15-12-4-3-11(14(18)7-12)9-17-13-5-1-10(8-16)2-6-13/h1-7,9,18H. The van der Waals surface area contributed by atoms with Crippen LogP contribution in [0.25, 0.3) is 0 Å². The third-order valence-corrected chi connectivity index (χ3v) is 2.83. The Hall–Kier alpha value is -2.12. The van der Waals surface area contributed by atoms with Gasteiger partial charge in [-0.2, -0.15) is 5.26 Å². The van der Waals surface area contributed by atoms with E-state index in [0.717, 1.165) is 10.2 Å². The van der Waals surface area contributed by atoms with Crippen molar-refractivity contribution in [1.29, 1.82) is 5.26 Å². The molecule has 0 amide bonds. The van der Waals surface area contributed by atoms with Crippen LogP contribution in [0.15, 0.2) is 51.9 Å². The molecule has 0 aliphatic carbocycles. The normalized spacial score (nSPS) is 10.4. The minimum Gasteiger partial charge on any atom is -0.507 e. The Bertz CT molecular complexity index is 627. The van der Waals surface area contributed by atoms with E-state index in [2.05, 4.69) is 20.9 Å². The van der Waals surface area contributed by atoms with Crippen LogP contribution >= 0.6 is 15.9 Å². The smallest absolute Gasteiger partial charge is 0.125 e. The molecule has 3 nitrogen and oxygen atoms in total. The van der Waals surface area contributed by atoms with E-state index in [4.69, 9.17) is 5.26 Å². The number of phenols is 1. The van der Waals surface area contributed by atoms with E-state index < -0.39 is 0 Å². The van der Waals surface area contributed by atoms with Crippen molar-refractivity contribution in [3.8, 4) is 11.8 Å². The maximum atomic E-state index is 9.69. The minimum atomic E-state index is 0.168. The highest BCUT2D eigenvalue weighted by Gasteiger charge is 1.98. The molecule has 0 atom stereocenters. The van der Waals surface area contributed by atoms with E-state index in [0.29, 0.717) is 11.1 Å². The first-order valence-corrected chi connectivity index (χ1v) is 6.01. The van der Waals surface area contributed by atoms with Crippen molar-refractivity contribution >= 4 is 27.8 Å². The number of rotatable bonds is 2. The summed E-state index contributed by atoms with van der Waals surface area (Å²) < 4.78 is 0.815. The highest BCUT2D eigenvalue weighted by atomic mass is 79.9. The molecule has 0 bridgehead atoms. The van der Waals surface area contributed by atoms with Crippen LogP contribution in [0.4, 0.5) is 5.69 Å². The van der Waals surface area contributed by atoms with Gasteiger partial charge in [0.15, 0.2) is 0 Å². The van der Waals surface area contributed by atoms with Crippen molar-refractivity contribution in [3.05, 3.63) is 58.1 Å². The predicted octanol–water partition coefficient (Wildman–Crippen LogP) is 3.78. The second kappa shape index (κ2) is 5.48. The van der Waals surface area contributed by atoms with Crippen molar-refractivity contribution in [2.75, 3.05) is 0 Å². The van der Waals surface area contributed by atoms with Gasteiger partial charge in [0.25, 0.3) is 0 Å². The van der Waals surface area contributed by atoms with E-state index in [1.54, 1.807) is 42.6 Å². The van der Waals surface area contributed by atoms with Crippen LogP contribution in [-0.2, 0) is 0 Å². The summed E-state index contributed by atoms with van der Waals surface area (Å²) in [6.07, 6.45) is 1.59. The summed E-state index contributed by atoms with van der Waals surface area (Å²) in [4.78, 5) is 4.23. The van der Waals surface area contributed by atoms with Crippen LogP contribution in [-0.4, -0.2) is 11.3 Å². The summed E-state index contributed by atoms with van der Waals surface area (Å²) in [7, 11) is 0. The van der Waals surface area contributed by atoms with Crippen LogP contribution in [0, 0.1) is 11.3 Å². The molecule has 2 aromatic carbocycles. The molecule has 0 aliphatic heterocycles. The predicted molar refractivity (Wildman–Crippen MR) is 74.2 cm³/mol. The first kappa shape index (κ1) is 12.3. The van der Waals surface area contributed by atoms with E-state index in [-0.39, 0.29) is 5.75 Å². The molecule has 0 spiro atoms. The van der Waals surface area contributed by atoms with Gasteiger partial charge in [0.2, 0.25) is 0 Å².